The number of hydrogen-bond donors (Lipinski definition) is 1. The zero-order valence-corrected chi connectivity index (χ0v) is 6.29. The van der Waals surface area contributed by atoms with Crippen LogP contribution < -0.4 is 5.48 Å². The third-order valence-corrected chi connectivity index (χ3v) is 0.583. The largest absolute Gasteiger partial charge is 0.453 e. The van der Waals surface area contributed by atoms with E-state index in [2.05, 4.69) is 15.3 Å². The molecule has 5 heteroatoms. The number of carbonyl (C=O) groups excluding carboxylic acids is 1. The first-order chi connectivity index (χ1) is 4.66. The minimum atomic E-state index is -0.656. The van der Waals surface area contributed by atoms with Gasteiger partial charge in [-0.3, -0.25) is 0 Å². The normalized spacial score (nSPS) is 9.90. The van der Waals surface area contributed by atoms with E-state index in [1.165, 1.54) is 13.4 Å². The fourth-order valence-electron chi connectivity index (χ4n) is 0.276. The van der Waals surface area contributed by atoms with Crippen LogP contribution in [0.1, 0.15) is 0 Å². The molecular formula is C5H11N3O2. The second-order valence-electron chi connectivity index (χ2n) is 1.78. The molecular weight excluding hydrogens is 134 g/mol. The van der Waals surface area contributed by atoms with Crippen molar-refractivity contribution < 1.29 is 9.63 Å². The van der Waals surface area contributed by atoms with Crippen molar-refractivity contribution >= 4 is 12.4 Å². The van der Waals surface area contributed by atoms with Crippen LogP contribution in [0.3, 0.4) is 0 Å². The predicted molar refractivity (Wildman–Crippen MR) is 37.7 cm³/mol. The van der Waals surface area contributed by atoms with Gasteiger partial charge < -0.3 is 9.74 Å². The van der Waals surface area contributed by atoms with Gasteiger partial charge in [-0.15, -0.1) is 0 Å². The number of aliphatic imine (C=N–C) groups is 1. The van der Waals surface area contributed by atoms with Crippen molar-refractivity contribution in [1.82, 2.24) is 10.4 Å². The lowest BCUT2D eigenvalue weighted by Crippen LogP contribution is -2.14. The van der Waals surface area contributed by atoms with Crippen molar-refractivity contribution in [1.29, 1.82) is 0 Å². The van der Waals surface area contributed by atoms with Crippen LogP contribution in [-0.4, -0.2) is 38.5 Å². The molecule has 0 heterocycles. The number of carbonyl (C=O) groups is 1. The summed E-state index contributed by atoms with van der Waals surface area (Å²) in [5.74, 6) is 0. The molecule has 58 valence electrons. The highest BCUT2D eigenvalue weighted by Crippen LogP contribution is 1.77. The third kappa shape index (κ3) is 5.04. The monoisotopic (exact) mass is 145 g/mol. The standard InChI is InChI=1S/C5H11N3O2/c1-6-10-5(9)7-4-8(2)3/h4,6H,1-3H3/b7-4+. The molecule has 1 amide bonds. The van der Waals surface area contributed by atoms with Crippen LogP contribution in [0.2, 0.25) is 0 Å². The predicted octanol–water partition coefficient (Wildman–Crippen LogP) is -0.153. The van der Waals surface area contributed by atoms with E-state index in [1.807, 2.05) is 0 Å². The second-order valence-corrected chi connectivity index (χ2v) is 1.78. The maximum Gasteiger partial charge on any atom is 0.453 e. The van der Waals surface area contributed by atoms with Gasteiger partial charge in [-0.05, 0) is 0 Å². The maximum atomic E-state index is 10.4. The van der Waals surface area contributed by atoms with E-state index in [0.717, 1.165) is 0 Å². The average molecular weight is 145 g/mol. The number of hydrogen-bond acceptors (Lipinski definition) is 3. The van der Waals surface area contributed by atoms with Gasteiger partial charge in [0.05, 0.1) is 6.34 Å². The van der Waals surface area contributed by atoms with Crippen molar-refractivity contribution in [3.8, 4) is 0 Å². The summed E-state index contributed by atoms with van der Waals surface area (Å²) in [4.78, 5) is 19.7. The first-order valence-electron chi connectivity index (χ1n) is 2.75. The highest BCUT2D eigenvalue weighted by atomic mass is 16.7. The lowest BCUT2D eigenvalue weighted by Gasteiger charge is -2.00. The number of rotatable bonds is 2. The molecule has 1 N–H and O–H groups in total. The van der Waals surface area contributed by atoms with Crippen molar-refractivity contribution in [2.75, 3.05) is 21.1 Å². The van der Waals surface area contributed by atoms with Crippen LogP contribution in [-0.2, 0) is 4.84 Å². The van der Waals surface area contributed by atoms with E-state index < -0.39 is 6.09 Å². The fourth-order valence-corrected chi connectivity index (χ4v) is 0.276. The smallest absolute Gasteiger partial charge is 0.369 e. The summed E-state index contributed by atoms with van der Waals surface area (Å²) in [7, 11) is 5.01. The SMILES string of the molecule is CNOC(=O)/N=C/N(C)C. The number of nitrogens with zero attached hydrogens (tertiary/aromatic N) is 2. The summed E-state index contributed by atoms with van der Waals surface area (Å²) in [5, 5.41) is 0. The molecule has 0 spiro atoms. The number of hydroxylamine groups is 1. The molecule has 0 aromatic carbocycles. The Hall–Kier alpha value is -1.10. The summed E-state index contributed by atoms with van der Waals surface area (Å²) in [6, 6.07) is 0. The molecule has 0 radical (unpaired) electrons. The lowest BCUT2D eigenvalue weighted by molar-refractivity contribution is 0.112. The Bertz CT molecular complexity index is 133. The van der Waals surface area contributed by atoms with Gasteiger partial charge in [-0.1, -0.05) is 0 Å². The molecule has 0 aromatic rings. The molecule has 0 aliphatic heterocycles. The van der Waals surface area contributed by atoms with Crippen LogP contribution in [0.4, 0.5) is 4.79 Å². The molecule has 0 rings (SSSR count). The van der Waals surface area contributed by atoms with Crippen molar-refractivity contribution in [3.63, 3.8) is 0 Å². The Morgan fingerprint density at radius 1 is 1.70 bits per heavy atom. The van der Waals surface area contributed by atoms with Crippen molar-refractivity contribution in [2.24, 2.45) is 4.99 Å². The Morgan fingerprint density at radius 3 is 2.70 bits per heavy atom. The number of nitrogens with one attached hydrogen (secondary N) is 1. The van der Waals surface area contributed by atoms with Gasteiger partial charge in [0.1, 0.15) is 0 Å². The quantitative estimate of drug-likeness (QED) is 0.333. The zero-order valence-electron chi connectivity index (χ0n) is 6.29. The van der Waals surface area contributed by atoms with Gasteiger partial charge >= 0.3 is 6.09 Å². The van der Waals surface area contributed by atoms with Gasteiger partial charge in [0.2, 0.25) is 0 Å². The lowest BCUT2D eigenvalue weighted by atomic mass is 10.9. The van der Waals surface area contributed by atoms with Crippen molar-refractivity contribution in [2.45, 2.75) is 0 Å². The van der Waals surface area contributed by atoms with Gasteiger partial charge in [-0.25, -0.2) is 4.79 Å². The van der Waals surface area contributed by atoms with E-state index in [0.29, 0.717) is 0 Å². The van der Waals surface area contributed by atoms with Crippen LogP contribution >= 0.6 is 0 Å². The Kier molecular flexibility index (Phi) is 4.23. The molecule has 0 saturated carbocycles. The Balaban J connectivity index is 3.56. The molecule has 0 atom stereocenters. The first kappa shape index (κ1) is 8.90. The molecule has 0 saturated heterocycles. The fraction of sp³-hybridized carbons (Fsp3) is 0.600. The maximum absolute atomic E-state index is 10.4. The van der Waals surface area contributed by atoms with Crippen LogP contribution in [0.15, 0.2) is 4.99 Å². The molecule has 10 heavy (non-hydrogen) atoms. The third-order valence-electron chi connectivity index (χ3n) is 0.583. The minimum absolute atomic E-state index is 0.656. The van der Waals surface area contributed by atoms with Gasteiger partial charge in [0.15, 0.2) is 0 Å². The first-order valence-corrected chi connectivity index (χ1v) is 2.75. The summed E-state index contributed by atoms with van der Waals surface area (Å²) in [6.07, 6.45) is 0.704. The van der Waals surface area contributed by atoms with Gasteiger partial charge in [-0.2, -0.15) is 10.5 Å². The molecule has 5 nitrogen and oxygen atoms in total. The van der Waals surface area contributed by atoms with E-state index in [9.17, 15) is 4.79 Å². The highest BCUT2D eigenvalue weighted by Gasteiger charge is 1.93. The highest BCUT2D eigenvalue weighted by molar-refractivity contribution is 5.77. The average Bonchev–Trinajstić information content (AvgIpc) is 1.85. The molecule has 0 fully saturated rings. The van der Waals surface area contributed by atoms with Crippen LogP contribution in [0, 0.1) is 0 Å². The van der Waals surface area contributed by atoms with Crippen LogP contribution in [0.5, 0.6) is 0 Å². The number of amides is 1. The van der Waals surface area contributed by atoms with Crippen LogP contribution in [0.25, 0.3) is 0 Å². The summed E-state index contributed by atoms with van der Waals surface area (Å²) in [5.41, 5.74) is 2.21. The molecule has 0 aromatic heterocycles. The van der Waals surface area contributed by atoms with Crippen molar-refractivity contribution in [3.05, 3.63) is 0 Å². The topological polar surface area (TPSA) is 53.9 Å². The van der Waals surface area contributed by atoms with Gasteiger partial charge in [0, 0.05) is 21.1 Å². The van der Waals surface area contributed by atoms with E-state index >= 15 is 0 Å². The summed E-state index contributed by atoms with van der Waals surface area (Å²) >= 11 is 0. The second kappa shape index (κ2) is 4.75. The van der Waals surface area contributed by atoms with E-state index in [1.54, 1.807) is 19.0 Å². The van der Waals surface area contributed by atoms with E-state index in [4.69, 9.17) is 0 Å². The van der Waals surface area contributed by atoms with Gasteiger partial charge in [0.25, 0.3) is 0 Å². The molecule has 0 aliphatic carbocycles. The van der Waals surface area contributed by atoms with E-state index in [-0.39, 0.29) is 0 Å². The summed E-state index contributed by atoms with van der Waals surface area (Å²) in [6.45, 7) is 0. The Labute approximate surface area is 59.6 Å². The minimum Gasteiger partial charge on any atom is -0.369 e. The summed E-state index contributed by atoms with van der Waals surface area (Å²) < 4.78 is 0. The Morgan fingerprint density at radius 2 is 2.30 bits per heavy atom. The molecule has 0 unspecified atom stereocenters. The molecule has 0 aliphatic rings. The molecule has 0 bridgehead atoms. The zero-order chi connectivity index (χ0) is 7.98.